The first-order chi connectivity index (χ1) is 11.8. The van der Waals surface area contributed by atoms with Gasteiger partial charge in [-0.05, 0) is 50.5 Å². The van der Waals surface area contributed by atoms with Crippen LogP contribution in [0.1, 0.15) is 32.8 Å². The molecule has 0 saturated carbocycles. The van der Waals surface area contributed by atoms with Crippen LogP contribution < -0.4 is 4.74 Å². The summed E-state index contributed by atoms with van der Waals surface area (Å²) in [6.07, 6.45) is 2.51. The predicted molar refractivity (Wildman–Crippen MR) is 97.1 cm³/mol. The highest BCUT2D eigenvalue weighted by Crippen LogP contribution is 2.36. The van der Waals surface area contributed by atoms with E-state index in [-0.39, 0.29) is 18.2 Å². The van der Waals surface area contributed by atoms with Gasteiger partial charge >= 0.3 is 6.09 Å². The third-order valence-electron chi connectivity index (χ3n) is 4.32. The number of amides is 1. The quantitative estimate of drug-likeness (QED) is 0.790. The van der Waals surface area contributed by atoms with E-state index in [0.717, 1.165) is 5.56 Å². The molecule has 6 heteroatoms. The van der Waals surface area contributed by atoms with Crippen molar-refractivity contribution in [2.75, 3.05) is 20.3 Å². The summed E-state index contributed by atoms with van der Waals surface area (Å²) in [5.41, 5.74) is 1.72. The van der Waals surface area contributed by atoms with E-state index in [0.29, 0.717) is 30.4 Å². The number of hydrogen-bond acceptors (Lipinski definition) is 4. The van der Waals surface area contributed by atoms with Gasteiger partial charge in [0.2, 0.25) is 0 Å². The third kappa shape index (κ3) is 3.93. The SMILES string of the molecule is COc1cc(C2=CC3COCC(C2)N3C(=O)OC(C)(C)C)ccc1Cl. The highest BCUT2D eigenvalue weighted by Gasteiger charge is 2.40. The Kier molecular flexibility index (Phi) is 4.98. The molecule has 25 heavy (non-hydrogen) atoms. The largest absolute Gasteiger partial charge is 0.495 e. The molecule has 136 valence electrons. The van der Waals surface area contributed by atoms with Crippen molar-refractivity contribution in [3.8, 4) is 5.75 Å². The lowest BCUT2D eigenvalue weighted by atomic mass is 9.90. The van der Waals surface area contributed by atoms with Crippen molar-refractivity contribution >= 4 is 23.3 Å². The summed E-state index contributed by atoms with van der Waals surface area (Å²) >= 11 is 6.12. The Hall–Kier alpha value is -1.72. The number of morpholine rings is 1. The summed E-state index contributed by atoms with van der Waals surface area (Å²) in [5, 5.41) is 0.585. The number of carbonyl (C=O) groups is 1. The van der Waals surface area contributed by atoms with Gasteiger partial charge in [-0.25, -0.2) is 4.79 Å². The Balaban J connectivity index is 1.87. The van der Waals surface area contributed by atoms with E-state index >= 15 is 0 Å². The molecule has 1 fully saturated rings. The molecule has 2 heterocycles. The summed E-state index contributed by atoms with van der Waals surface area (Å²) in [7, 11) is 1.60. The molecule has 0 radical (unpaired) electrons. The minimum atomic E-state index is -0.514. The minimum absolute atomic E-state index is 0.0322. The van der Waals surface area contributed by atoms with E-state index in [2.05, 4.69) is 6.08 Å². The molecule has 2 aliphatic heterocycles. The number of methoxy groups -OCH3 is 1. The predicted octanol–water partition coefficient (Wildman–Crippen LogP) is 4.14. The van der Waals surface area contributed by atoms with Crippen molar-refractivity contribution in [2.45, 2.75) is 44.9 Å². The standard InChI is InChI=1S/C19H24ClNO4/c1-19(2,3)25-18(22)21-14-7-13(8-15(21)11-24-10-14)12-5-6-16(20)17(9-12)23-4/h5-7,9,14-15H,8,10-11H2,1-4H3. The van der Waals surface area contributed by atoms with Crippen molar-refractivity contribution < 1.29 is 19.0 Å². The van der Waals surface area contributed by atoms with Crippen molar-refractivity contribution in [3.63, 3.8) is 0 Å². The second kappa shape index (κ2) is 6.89. The zero-order valence-corrected chi connectivity index (χ0v) is 15.8. The fourth-order valence-corrected chi connectivity index (χ4v) is 3.46. The van der Waals surface area contributed by atoms with Crippen LogP contribution in [-0.2, 0) is 9.47 Å². The molecule has 0 aromatic heterocycles. The summed E-state index contributed by atoms with van der Waals surface area (Å²) in [6.45, 7) is 6.62. The maximum atomic E-state index is 12.6. The van der Waals surface area contributed by atoms with Crippen LogP contribution in [0, 0.1) is 0 Å². The Morgan fingerprint density at radius 1 is 1.32 bits per heavy atom. The second-order valence-electron chi connectivity index (χ2n) is 7.39. The number of rotatable bonds is 2. The Labute approximate surface area is 153 Å². The van der Waals surface area contributed by atoms with Gasteiger partial charge in [-0.3, -0.25) is 4.90 Å². The smallest absolute Gasteiger partial charge is 0.411 e. The molecule has 0 aliphatic carbocycles. The van der Waals surface area contributed by atoms with Crippen molar-refractivity contribution in [2.24, 2.45) is 0 Å². The first-order valence-corrected chi connectivity index (χ1v) is 8.80. The van der Waals surface area contributed by atoms with Gasteiger partial charge in [-0.1, -0.05) is 23.7 Å². The van der Waals surface area contributed by atoms with Gasteiger partial charge in [0.25, 0.3) is 0 Å². The highest BCUT2D eigenvalue weighted by molar-refractivity contribution is 6.32. The number of hydrogen-bond donors (Lipinski definition) is 0. The van der Waals surface area contributed by atoms with Gasteiger partial charge < -0.3 is 14.2 Å². The second-order valence-corrected chi connectivity index (χ2v) is 7.80. The lowest BCUT2D eigenvalue weighted by Crippen LogP contribution is -2.57. The molecule has 2 aliphatic rings. The molecule has 1 amide bonds. The van der Waals surface area contributed by atoms with Crippen LogP contribution in [0.4, 0.5) is 4.79 Å². The van der Waals surface area contributed by atoms with Gasteiger partial charge in [0.1, 0.15) is 11.4 Å². The molecule has 1 saturated heterocycles. The van der Waals surface area contributed by atoms with Crippen LogP contribution >= 0.6 is 11.6 Å². The van der Waals surface area contributed by atoms with Crippen molar-refractivity contribution in [3.05, 3.63) is 34.9 Å². The first kappa shape index (κ1) is 18.1. The zero-order valence-electron chi connectivity index (χ0n) is 15.0. The fraction of sp³-hybridized carbons (Fsp3) is 0.526. The van der Waals surface area contributed by atoms with Gasteiger partial charge in [0, 0.05) is 0 Å². The molecule has 5 nitrogen and oxygen atoms in total. The highest BCUT2D eigenvalue weighted by atomic mass is 35.5. The van der Waals surface area contributed by atoms with Crippen LogP contribution in [0.2, 0.25) is 5.02 Å². The minimum Gasteiger partial charge on any atom is -0.495 e. The molecule has 2 bridgehead atoms. The van der Waals surface area contributed by atoms with E-state index in [1.807, 2.05) is 43.9 Å². The number of ether oxygens (including phenoxy) is 3. The van der Waals surface area contributed by atoms with Gasteiger partial charge in [-0.15, -0.1) is 0 Å². The molecular weight excluding hydrogens is 342 g/mol. The van der Waals surface area contributed by atoms with Crippen LogP contribution in [-0.4, -0.2) is 49.0 Å². The normalized spacial score (nSPS) is 23.1. The molecule has 0 spiro atoms. The number of carbonyl (C=O) groups excluding carboxylic acids is 1. The van der Waals surface area contributed by atoms with E-state index in [1.54, 1.807) is 7.11 Å². The maximum Gasteiger partial charge on any atom is 0.411 e. The number of halogens is 1. The number of fused-ring (bicyclic) bond motifs is 2. The fourth-order valence-electron chi connectivity index (χ4n) is 3.27. The Morgan fingerprint density at radius 2 is 2.08 bits per heavy atom. The van der Waals surface area contributed by atoms with Crippen molar-refractivity contribution in [1.82, 2.24) is 4.90 Å². The van der Waals surface area contributed by atoms with E-state index in [9.17, 15) is 4.79 Å². The summed E-state index contributed by atoms with van der Waals surface area (Å²) in [4.78, 5) is 14.4. The van der Waals surface area contributed by atoms with Crippen LogP contribution in [0.25, 0.3) is 5.57 Å². The average molecular weight is 366 g/mol. The van der Waals surface area contributed by atoms with Crippen LogP contribution in [0.3, 0.4) is 0 Å². The molecular formula is C19H24ClNO4. The Bertz CT molecular complexity index is 695. The monoisotopic (exact) mass is 365 g/mol. The van der Waals surface area contributed by atoms with E-state index in [1.165, 1.54) is 5.57 Å². The summed E-state index contributed by atoms with van der Waals surface area (Å²) in [6, 6.07) is 5.60. The first-order valence-electron chi connectivity index (χ1n) is 8.42. The summed E-state index contributed by atoms with van der Waals surface area (Å²) < 4.78 is 16.5. The lowest BCUT2D eigenvalue weighted by molar-refractivity contribution is -0.0510. The zero-order chi connectivity index (χ0) is 18.2. The number of nitrogens with zero attached hydrogens (tertiary/aromatic N) is 1. The molecule has 1 aromatic carbocycles. The van der Waals surface area contributed by atoms with E-state index in [4.69, 9.17) is 25.8 Å². The topological polar surface area (TPSA) is 48.0 Å². The molecule has 2 unspecified atom stereocenters. The van der Waals surface area contributed by atoms with Crippen LogP contribution in [0.15, 0.2) is 24.3 Å². The van der Waals surface area contributed by atoms with Gasteiger partial charge in [-0.2, -0.15) is 0 Å². The average Bonchev–Trinajstić information content (AvgIpc) is 2.52. The summed E-state index contributed by atoms with van der Waals surface area (Å²) in [5.74, 6) is 0.649. The van der Waals surface area contributed by atoms with E-state index < -0.39 is 5.60 Å². The van der Waals surface area contributed by atoms with Crippen LogP contribution in [0.5, 0.6) is 5.75 Å². The molecule has 2 atom stereocenters. The molecule has 1 aromatic rings. The lowest BCUT2D eigenvalue weighted by Gasteiger charge is -2.44. The number of benzene rings is 1. The molecule has 3 rings (SSSR count). The van der Waals surface area contributed by atoms with Gasteiger partial charge in [0.15, 0.2) is 0 Å². The third-order valence-corrected chi connectivity index (χ3v) is 4.64. The molecule has 0 N–H and O–H groups in total. The van der Waals surface area contributed by atoms with Gasteiger partial charge in [0.05, 0.1) is 37.4 Å². The maximum absolute atomic E-state index is 12.6. The Morgan fingerprint density at radius 3 is 2.72 bits per heavy atom. The van der Waals surface area contributed by atoms with Crippen molar-refractivity contribution in [1.29, 1.82) is 0 Å².